The van der Waals surface area contributed by atoms with Gasteiger partial charge in [-0.05, 0) is 75.9 Å². The van der Waals surface area contributed by atoms with Gasteiger partial charge >= 0.3 is 0 Å². The zero-order valence-corrected chi connectivity index (χ0v) is 25.3. The Morgan fingerprint density at radius 3 is 1.80 bits per heavy atom. The summed E-state index contributed by atoms with van der Waals surface area (Å²) in [5.74, 6) is -0.511. The highest BCUT2D eigenvalue weighted by Gasteiger charge is 2.32. The van der Waals surface area contributed by atoms with Gasteiger partial charge in [0.1, 0.15) is 12.6 Å². The average Bonchev–Trinajstić information content (AvgIpc) is 2.90. The number of carbonyl (C=O) groups is 2. The molecule has 40 heavy (non-hydrogen) atoms. The molecule has 0 saturated heterocycles. The zero-order valence-electron chi connectivity index (χ0n) is 24.5. The number of carbonyl (C=O) groups excluding carboxylic acids is 2. The third kappa shape index (κ3) is 7.72. The Morgan fingerprint density at radius 2 is 1.30 bits per heavy atom. The van der Waals surface area contributed by atoms with Gasteiger partial charge in [-0.25, -0.2) is 8.42 Å². The Morgan fingerprint density at radius 1 is 0.775 bits per heavy atom. The molecular formula is C32H41N3O4S. The van der Waals surface area contributed by atoms with Gasteiger partial charge in [0, 0.05) is 12.6 Å². The van der Waals surface area contributed by atoms with Crippen LogP contribution in [0.3, 0.4) is 0 Å². The van der Waals surface area contributed by atoms with E-state index >= 15 is 0 Å². The summed E-state index contributed by atoms with van der Waals surface area (Å²) in [4.78, 5) is 28.5. The number of nitrogens with zero attached hydrogens (tertiary/aromatic N) is 2. The summed E-state index contributed by atoms with van der Waals surface area (Å²) in [6.07, 6.45) is 0. The van der Waals surface area contributed by atoms with Gasteiger partial charge in [0.2, 0.25) is 11.8 Å². The summed E-state index contributed by atoms with van der Waals surface area (Å²) in [7, 11) is -4.09. The van der Waals surface area contributed by atoms with Crippen molar-refractivity contribution in [1.29, 1.82) is 0 Å². The van der Waals surface area contributed by atoms with E-state index in [1.54, 1.807) is 43.3 Å². The minimum Gasteiger partial charge on any atom is -0.352 e. The molecule has 0 fully saturated rings. The summed E-state index contributed by atoms with van der Waals surface area (Å²) in [5.41, 5.74) is 4.29. The fraction of sp³-hybridized carbons (Fsp3) is 0.375. The summed E-state index contributed by atoms with van der Waals surface area (Å²) in [6, 6.07) is 20.6. The van der Waals surface area contributed by atoms with Crippen molar-refractivity contribution in [2.75, 3.05) is 10.8 Å². The zero-order chi connectivity index (χ0) is 29.6. The number of benzene rings is 3. The fourth-order valence-electron chi connectivity index (χ4n) is 4.27. The Labute approximate surface area is 239 Å². The predicted molar refractivity (Wildman–Crippen MR) is 161 cm³/mol. The highest BCUT2D eigenvalue weighted by atomic mass is 32.2. The first-order valence-corrected chi connectivity index (χ1v) is 15.1. The van der Waals surface area contributed by atoms with E-state index in [-0.39, 0.29) is 29.3 Å². The van der Waals surface area contributed by atoms with Crippen LogP contribution in [0.4, 0.5) is 5.69 Å². The standard InChI is InChI=1S/C32H41N3O4S/c1-22(2)28-14-16-29(17-15-28)35(40(38,39)30-18-10-25(6)11-19-30)21-31(36)34(26(7)32(37)33-23(3)4)20-27-12-8-24(5)9-13-27/h8-19,22-23,26H,20-21H2,1-7H3,(H,33,37)/t26-/m1/s1. The van der Waals surface area contributed by atoms with Crippen LogP contribution in [0.5, 0.6) is 0 Å². The number of aryl methyl sites for hydroxylation is 2. The molecule has 0 aliphatic rings. The van der Waals surface area contributed by atoms with E-state index in [1.807, 2.05) is 64.1 Å². The molecule has 3 aromatic carbocycles. The van der Waals surface area contributed by atoms with Gasteiger partial charge in [-0.3, -0.25) is 13.9 Å². The SMILES string of the molecule is Cc1ccc(CN(C(=O)CN(c2ccc(C(C)C)cc2)S(=O)(=O)c2ccc(C)cc2)[C@H](C)C(=O)NC(C)C)cc1. The van der Waals surface area contributed by atoms with E-state index in [0.29, 0.717) is 5.69 Å². The van der Waals surface area contributed by atoms with E-state index in [4.69, 9.17) is 0 Å². The molecule has 0 heterocycles. The van der Waals surface area contributed by atoms with Crippen LogP contribution >= 0.6 is 0 Å². The highest BCUT2D eigenvalue weighted by molar-refractivity contribution is 7.92. The monoisotopic (exact) mass is 563 g/mol. The largest absolute Gasteiger partial charge is 0.352 e. The van der Waals surface area contributed by atoms with Crippen molar-refractivity contribution in [2.45, 2.75) is 77.9 Å². The number of hydrogen-bond acceptors (Lipinski definition) is 4. The number of nitrogens with one attached hydrogen (secondary N) is 1. The van der Waals surface area contributed by atoms with Crippen molar-refractivity contribution in [2.24, 2.45) is 0 Å². The molecule has 0 aliphatic heterocycles. The maximum atomic E-state index is 14.0. The van der Waals surface area contributed by atoms with Crippen molar-refractivity contribution in [3.8, 4) is 0 Å². The molecule has 3 rings (SSSR count). The van der Waals surface area contributed by atoms with Gasteiger partial charge in [-0.15, -0.1) is 0 Å². The second-order valence-electron chi connectivity index (χ2n) is 10.9. The molecule has 2 amide bonds. The molecule has 0 saturated carbocycles. The molecule has 1 atom stereocenters. The third-order valence-electron chi connectivity index (χ3n) is 6.81. The molecular weight excluding hydrogens is 522 g/mol. The minimum absolute atomic E-state index is 0.0921. The van der Waals surface area contributed by atoms with Crippen molar-refractivity contribution in [3.63, 3.8) is 0 Å². The van der Waals surface area contributed by atoms with E-state index in [1.165, 1.54) is 4.90 Å². The van der Waals surface area contributed by atoms with Crippen molar-refractivity contribution < 1.29 is 18.0 Å². The van der Waals surface area contributed by atoms with E-state index < -0.39 is 28.5 Å². The number of rotatable bonds is 11. The predicted octanol–water partition coefficient (Wildman–Crippen LogP) is 5.56. The van der Waals surface area contributed by atoms with Crippen molar-refractivity contribution in [1.82, 2.24) is 10.2 Å². The molecule has 0 aromatic heterocycles. The first-order chi connectivity index (χ1) is 18.8. The molecule has 1 N–H and O–H groups in total. The highest BCUT2D eigenvalue weighted by Crippen LogP contribution is 2.27. The number of anilines is 1. The topological polar surface area (TPSA) is 86.8 Å². The lowest BCUT2D eigenvalue weighted by Gasteiger charge is -2.32. The fourth-order valence-corrected chi connectivity index (χ4v) is 5.68. The van der Waals surface area contributed by atoms with Gasteiger partial charge in [0.15, 0.2) is 0 Å². The van der Waals surface area contributed by atoms with Crippen LogP contribution in [0, 0.1) is 13.8 Å². The van der Waals surface area contributed by atoms with Gasteiger partial charge in [-0.1, -0.05) is 73.5 Å². The van der Waals surface area contributed by atoms with Crippen molar-refractivity contribution >= 4 is 27.5 Å². The van der Waals surface area contributed by atoms with E-state index in [0.717, 1.165) is 26.6 Å². The normalized spacial score (nSPS) is 12.3. The van der Waals surface area contributed by atoms with Crippen LogP contribution in [-0.4, -0.2) is 43.8 Å². The lowest BCUT2D eigenvalue weighted by Crippen LogP contribution is -2.52. The molecule has 0 spiro atoms. The quantitative estimate of drug-likeness (QED) is 0.331. The smallest absolute Gasteiger partial charge is 0.264 e. The average molecular weight is 564 g/mol. The van der Waals surface area contributed by atoms with Crippen LogP contribution in [0.2, 0.25) is 0 Å². The lowest BCUT2D eigenvalue weighted by molar-refractivity contribution is -0.139. The molecule has 3 aromatic rings. The Balaban J connectivity index is 2.04. The van der Waals surface area contributed by atoms with Crippen LogP contribution in [0.1, 0.15) is 62.8 Å². The molecule has 8 heteroatoms. The van der Waals surface area contributed by atoms with Crippen LogP contribution in [0.25, 0.3) is 0 Å². The van der Waals surface area contributed by atoms with Gasteiger partial charge < -0.3 is 10.2 Å². The summed E-state index contributed by atoms with van der Waals surface area (Å²) in [5, 5.41) is 2.87. The van der Waals surface area contributed by atoms with Crippen LogP contribution in [-0.2, 0) is 26.2 Å². The molecule has 0 bridgehead atoms. The van der Waals surface area contributed by atoms with Crippen LogP contribution < -0.4 is 9.62 Å². The second-order valence-corrected chi connectivity index (χ2v) is 12.8. The van der Waals surface area contributed by atoms with E-state index in [9.17, 15) is 18.0 Å². The van der Waals surface area contributed by atoms with Crippen LogP contribution in [0.15, 0.2) is 77.7 Å². The number of sulfonamides is 1. The lowest BCUT2D eigenvalue weighted by atomic mass is 10.0. The van der Waals surface area contributed by atoms with Crippen molar-refractivity contribution in [3.05, 3.63) is 95.1 Å². The first-order valence-electron chi connectivity index (χ1n) is 13.6. The molecule has 0 unspecified atom stereocenters. The maximum absolute atomic E-state index is 14.0. The third-order valence-corrected chi connectivity index (χ3v) is 8.60. The van der Waals surface area contributed by atoms with Gasteiger partial charge in [0.25, 0.3) is 10.0 Å². The molecule has 7 nitrogen and oxygen atoms in total. The van der Waals surface area contributed by atoms with Gasteiger partial charge in [0.05, 0.1) is 10.6 Å². The first kappa shape index (κ1) is 30.9. The van der Waals surface area contributed by atoms with Gasteiger partial charge in [-0.2, -0.15) is 0 Å². The maximum Gasteiger partial charge on any atom is 0.264 e. The minimum atomic E-state index is -4.09. The number of amides is 2. The number of hydrogen-bond donors (Lipinski definition) is 1. The van der Waals surface area contributed by atoms with E-state index in [2.05, 4.69) is 19.2 Å². The second kappa shape index (κ2) is 13.1. The summed E-state index contributed by atoms with van der Waals surface area (Å²) >= 11 is 0. The summed E-state index contributed by atoms with van der Waals surface area (Å²) in [6.45, 7) is 13.1. The molecule has 214 valence electrons. The molecule has 0 radical (unpaired) electrons. The molecule has 0 aliphatic carbocycles. The summed E-state index contributed by atoms with van der Waals surface area (Å²) < 4.78 is 29.0. The Bertz CT molecular complexity index is 1400. The Kier molecular flexibility index (Phi) is 10.1. The Hall–Kier alpha value is -3.65.